The van der Waals surface area contributed by atoms with Crippen molar-refractivity contribution in [1.82, 2.24) is 24.9 Å². The van der Waals surface area contributed by atoms with Gasteiger partial charge in [-0.3, -0.25) is 14.8 Å². The van der Waals surface area contributed by atoms with Crippen LogP contribution in [0.4, 0.5) is 8.78 Å². The second-order valence-electron chi connectivity index (χ2n) is 8.70. The van der Waals surface area contributed by atoms with E-state index in [1.165, 1.54) is 6.07 Å². The Bertz CT molecular complexity index is 735. The molecule has 6 nitrogen and oxygen atoms in total. The van der Waals surface area contributed by atoms with Crippen molar-refractivity contribution in [2.75, 3.05) is 73.0 Å². The van der Waals surface area contributed by atoms with Crippen LogP contribution in [-0.4, -0.2) is 105 Å². The Hall–Kier alpha value is -1.77. The maximum atomic E-state index is 14.4. The molecule has 2 heterocycles. The summed E-state index contributed by atoms with van der Waals surface area (Å²) in [5.41, 5.74) is 0.586. The van der Waals surface area contributed by atoms with Crippen molar-refractivity contribution in [3.63, 3.8) is 0 Å². The van der Waals surface area contributed by atoms with Gasteiger partial charge in [0.25, 0.3) is 0 Å². The lowest BCUT2D eigenvalue weighted by molar-refractivity contribution is 0.117. The molecule has 2 aliphatic rings. The molecule has 8 heteroatoms. The lowest BCUT2D eigenvalue weighted by Crippen LogP contribution is -2.54. The van der Waals surface area contributed by atoms with Gasteiger partial charge in [0, 0.05) is 76.1 Å². The van der Waals surface area contributed by atoms with Crippen molar-refractivity contribution in [1.29, 1.82) is 0 Å². The lowest BCUT2D eigenvalue weighted by atomic mass is 10.0. The highest BCUT2D eigenvalue weighted by Crippen LogP contribution is 2.28. The van der Waals surface area contributed by atoms with Gasteiger partial charge in [-0.15, -0.1) is 0 Å². The van der Waals surface area contributed by atoms with Gasteiger partial charge in [-0.05, 0) is 33.5 Å². The first-order chi connectivity index (χ1) is 14.9. The number of rotatable bonds is 6. The zero-order valence-electron chi connectivity index (χ0n) is 19.4. The molecule has 0 radical (unpaired) electrons. The van der Waals surface area contributed by atoms with E-state index in [4.69, 9.17) is 4.99 Å². The van der Waals surface area contributed by atoms with E-state index in [2.05, 4.69) is 52.9 Å². The summed E-state index contributed by atoms with van der Waals surface area (Å²) >= 11 is 0. The first kappa shape index (κ1) is 23.9. The van der Waals surface area contributed by atoms with Crippen LogP contribution < -0.4 is 5.32 Å². The van der Waals surface area contributed by atoms with E-state index in [1.54, 1.807) is 6.07 Å². The molecule has 1 N–H and O–H groups in total. The molecule has 2 saturated heterocycles. The molecule has 0 amide bonds. The lowest BCUT2D eigenvalue weighted by Gasteiger charge is -2.41. The van der Waals surface area contributed by atoms with Crippen LogP contribution in [0.15, 0.2) is 23.2 Å². The van der Waals surface area contributed by atoms with E-state index in [0.717, 1.165) is 77.3 Å². The number of halogens is 2. The molecule has 2 fully saturated rings. The molecule has 0 aromatic heterocycles. The van der Waals surface area contributed by atoms with E-state index >= 15 is 0 Å². The van der Waals surface area contributed by atoms with Crippen LogP contribution in [0.5, 0.6) is 0 Å². The number of guanidine groups is 1. The minimum Gasteiger partial charge on any atom is -0.357 e. The van der Waals surface area contributed by atoms with Gasteiger partial charge in [-0.1, -0.05) is 13.0 Å². The molecule has 3 rings (SSSR count). The molecule has 0 saturated carbocycles. The summed E-state index contributed by atoms with van der Waals surface area (Å²) in [6, 6.07) is 4.33. The van der Waals surface area contributed by atoms with Crippen molar-refractivity contribution < 1.29 is 8.78 Å². The molecule has 1 aromatic rings. The number of piperazine rings is 2. The highest BCUT2D eigenvalue weighted by atomic mass is 19.1. The van der Waals surface area contributed by atoms with Crippen molar-refractivity contribution in [3.05, 3.63) is 35.4 Å². The number of likely N-dealkylation sites (N-methyl/N-ethyl adjacent to an activating group) is 2. The molecule has 2 aliphatic heterocycles. The van der Waals surface area contributed by atoms with Gasteiger partial charge in [-0.25, -0.2) is 8.78 Å². The minimum absolute atomic E-state index is 0.0336. The van der Waals surface area contributed by atoms with Gasteiger partial charge in [-0.2, -0.15) is 0 Å². The quantitative estimate of drug-likeness (QED) is 0.547. The Balaban J connectivity index is 1.62. The van der Waals surface area contributed by atoms with Crippen LogP contribution >= 0.6 is 0 Å². The molecule has 0 spiro atoms. The number of benzene rings is 1. The Morgan fingerprint density at radius 1 is 1.10 bits per heavy atom. The second kappa shape index (κ2) is 11.2. The molecule has 31 heavy (non-hydrogen) atoms. The largest absolute Gasteiger partial charge is 0.357 e. The number of hydrogen-bond donors (Lipinski definition) is 1. The summed E-state index contributed by atoms with van der Waals surface area (Å²) in [5, 5.41) is 3.45. The zero-order chi connectivity index (χ0) is 22.4. The van der Waals surface area contributed by atoms with Crippen LogP contribution in [0.3, 0.4) is 0 Å². The topological polar surface area (TPSA) is 37.4 Å². The van der Waals surface area contributed by atoms with Gasteiger partial charge in [0.15, 0.2) is 5.96 Å². The van der Waals surface area contributed by atoms with E-state index in [1.807, 2.05) is 0 Å². The summed E-state index contributed by atoms with van der Waals surface area (Å²) < 4.78 is 27.7. The molecule has 1 aromatic carbocycles. The average Bonchev–Trinajstić information content (AvgIpc) is 2.76. The molecular weight excluding hydrogens is 398 g/mol. The third-order valence-corrected chi connectivity index (χ3v) is 6.53. The highest BCUT2D eigenvalue weighted by molar-refractivity contribution is 5.80. The molecule has 174 valence electrons. The summed E-state index contributed by atoms with van der Waals surface area (Å²) in [7, 11) is 4.35. The van der Waals surface area contributed by atoms with Gasteiger partial charge >= 0.3 is 0 Å². The Kier molecular flexibility index (Phi) is 8.63. The van der Waals surface area contributed by atoms with Crippen LogP contribution in [0, 0.1) is 11.6 Å². The zero-order valence-corrected chi connectivity index (χ0v) is 19.4. The van der Waals surface area contributed by atoms with Gasteiger partial charge in [0.2, 0.25) is 0 Å². The maximum Gasteiger partial charge on any atom is 0.194 e. The second-order valence-corrected chi connectivity index (χ2v) is 8.70. The van der Waals surface area contributed by atoms with E-state index < -0.39 is 11.6 Å². The monoisotopic (exact) mass is 436 g/mol. The Labute approximate surface area is 185 Å². The summed E-state index contributed by atoms with van der Waals surface area (Å²) in [6.07, 6.45) is 0.790. The van der Waals surface area contributed by atoms with Gasteiger partial charge in [0.05, 0.1) is 6.54 Å². The van der Waals surface area contributed by atoms with E-state index in [9.17, 15) is 8.78 Å². The highest BCUT2D eigenvalue weighted by Gasteiger charge is 2.28. The van der Waals surface area contributed by atoms with Gasteiger partial charge < -0.3 is 15.1 Å². The minimum atomic E-state index is -0.526. The van der Waals surface area contributed by atoms with Crippen LogP contribution in [0.2, 0.25) is 0 Å². The fourth-order valence-corrected chi connectivity index (χ4v) is 4.61. The predicted molar refractivity (Wildman–Crippen MR) is 122 cm³/mol. The fourth-order valence-electron chi connectivity index (χ4n) is 4.61. The Morgan fingerprint density at radius 3 is 2.48 bits per heavy atom. The third-order valence-electron chi connectivity index (χ3n) is 6.53. The number of nitrogens with one attached hydrogen (secondary N) is 1. The molecule has 0 bridgehead atoms. The molecular formula is C23H38F2N6. The van der Waals surface area contributed by atoms with Crippen molar-refractivity contribution >= 4 is 5.96 Å². The Morgan fingerprint density at radius 2 is 1.84 bits per heavy atom. The standard InChI is InChI=1S/C23H38F2N6/c1-5-22(20-8-7-18(24)15-21(20)25)30-11-13-31(14-12-30)23(26-6-2)27-16-19-17-28(3)9-10-29(19)4/h7-8,15,19,22H,5-6,9-14,16-17H2,1-4H3,(H,26,27). The van der Waals surface area contributed by atoms with E-state index in [0.29, 0.717) is 11.6 Å². The SMILES string of the molecule is CCNC(=NCC1CN(C)CCN1C)N1CCN(C(CC)c2ccc(F)cc2F)CC1. The predicted octanol–water partition coefficient (Wildman–Crippen LogP) is 2.24. The maximum absolute atomic E-state index is 14.4. The van der Waals surface area contributed by atoms with Crippen LogP contribution in [0.1, 0.15) is 31.9 Å². The van der Waals surface area contributed by atoms with Crippen molar-refractivity contribution in [3.8, 4) is 0 Å². The number of aliphatic imine (C=N–C) groups is 1. The molecule has 0 aliphatic carbocycles. The van der Waals surface area contributed by atoms with Crippen molar-refractivity contribution in [2.24, 2.45) is 4.99 Å². The van der Waals surface area contributed by atoms with E-state index in [-0.39, 0.29) is 6.04 Å². The first-order valence-electron chi connectivity index (χ1n) is 11.5. The number of nitrogens with zero attached hydrogens (tertiary/aromatic N) is 5. The third kappa shape index (κ3) is 6.14. The first-order valence-corrected chi connectivity index (χ1v) is 11.5. The van der Waals surface area contributed by atoms with Gasteiger partial charge in [0.1, 0.15) is 11.6 Å². The summed E-state index contributed by atoms with van der Waals surface area (Å²) in [6.45, 7) is 12.3. The average molecular weight is 437 g/mol. The molecule has 2 atom stereocenters. The summed E-state index contributed by atoms with van der Waals surface area (Å²) in [5.74, 6) is -0.0160. The fraction of sp³-hybridized carbons (Fsp3) is 0.696. The van der Waals surface area contributed by atoms with Crippen LogP contribution in [-0.2, 0) is 0 Å². The van der Waals surface area contributed by atoms with Crippen molar-refractivity contribution in [2.45, 2.75) is 32.4 Å². The smallest absolute Gasteiger partial charge is 0.194 e. The normalized spacial score (nSPS) is 23.2. The summed E-state index contributed by atoms with van der Waals surface area (Å²) in [4.78, 5) is 14.3. The van der Waals surface area contributed by atoms with Crippen LogP contribution in [0.25, 0.3) is 0 Å². The number of hydrogen-bond acceptors (Lipinski definition) is 4. The molecule has 2 unspecified atom stereocenters.